The summed E-state index contributed by atoms with van der Waals surface area (Å²) < 4.78 is 27.8. The van der Waals surface area contributed by atoms with E-state index >= 15 is 0 Å². The van der Waals surface area contributed by atoms with Crippen LogP contribution in [0.3, 0.4) is 0 Å². The van der Waals surface area contributed by atoms with Gasteiger partial charge < -0.3 is 20.9 Å². The van der Waals surface area contributed by atoms with Gasteiger partial charge in [0.15, 0.2) is 5.13 Å². The van der Waals surface area contributed by atoms with Gasteiger partial charge in [0, 0.05) is 5.69 Å². The molecule has 1 atom stereocenters. The Balaban J connectivity index is 1.81. The number of nitrogens with one attached hydrogen (secondary N) is 1. The van der Waals surface area contributed by atoms with Gasteiger partial charge in [-0.3, -0.25) is 0 Å². The second kappa shape index (κ2) is 7.53. The summed E-state index contributed by atoms with van der Waals surface area (Å²) in [5, 5.41) is 19.2. The molecular formula is C17H18N4O4S2. The van der Waals surface area contributed by atoms with Gasteiger partial charge in [0.05, 0.1) is 16.9 Å². The number of primary sulfonamides is 1. The standard InChI is InChI=1S/C17H18N4O4S2/c1-25-12-4-2-3-10(9-12)14(22)15-16(18)21-17(26-15)20-11-5-7-13(8-6-11)27(19,23)24/h2-9,14,22H,18H2,1H3,(H,20,21)(H2,19,23,24). The van der Waals surface area contributed by atoms with Crippen LogP contribution in [-0.2, 0) is 10.0 Å². The van der Waals surface area contributed by atoms with E-state index in [0.717, 1.165) is 0 Å². The monoisotopic (exact) mass is 406 g/mol. The lowest BCUT2D eigenvalue weighted by Crippen LogP contribution is -2.11. The Labute approximate surface area is 160 Å². The lowest BCUT2D eigenvalue weighted by atomic mass is 10.1. The molecule has 0 aliphatic carbocycles. The van der Waals surface area contributed by atoms with Crippen LogP contribution >= 0.6 is 11.3 Å². The van der Waals surface area contributed by atoms with Crippen LogP contribution in [0.25, 0.3) is 0 Å². The molecule has 0 saturated heterocycles. The molecule has 0 aliphatic heterocycles. The van der Waals surface area contributed by atoms with E-state index in [0.29, 0.717) is 27.0 Å². The van der Waals surface area contributed by atoms with Crippen molar-refractivity contribution in [2.24, 2.45) is 5.14 Å². The number of nitrogen functional groups attached to an aromatic ring is 1. The summed E-state index contributed by atoms with van der Waals surface area (Å²) in [6.07, 6.45) is -0.946. The molecule has 142 valence electrons. The molecular weight excluding hydrogens is 388 g/mol. The first kappa shape index (κ1) is 19.1. The maximum atomic E-state index is 11.3. The zero-order chi connectivity index (χ0) is 19.6. The average molecular weight is 406 g/mol. The predicted octanol–water partition coefficient (Wildman–Crippen LogP) is 2.21. The van der Waals surface area contributed by atoms with Crippen molar-refractivity contribution in [1.29, 1.82) is 0 Å². The van der Waals surface area contributed by atoms with Crippen LogP contribution in [0.15, 0.2) is 53.4 Å². The molecule has 0 amide bonds. The number of aliphatic hydroxyl groups excluding tert-OH is 1. The van der Waals surface area contributed by atoms with Crippen molar-refractivity contribution in [2.75, 3.05) is 18.2 Å². The fraction of sp³-hybridized carbons (Fsp3) is 0.118. The molecule has 0 spiro atoms. The van der Waals surface area contributed by atoms with Crippen molar-refractivity contribution in [3.05, 3.63) is 59.0 Å². The number of ether oxygens (including phenoxy) is 1. The smallest absolute Gasteiger partial charge is 0.238 e. The molecule has 2 aromatic carbocycles. The molecule has 3 rings (SSSR count). The third kappa shape index (κ3) is 4.37. The van der Waals surface area contributed by atoms with E-state index < -0.39 is 16.1 Å². The number of nitrogens with zero attached hydrogens (tertiary/aromatic N) is 1. The van der Waals surface area contributed by atoms with Crippen LogP contribution in [0.4, 0.5) is 16.6 Å². The zero-order valence-electron chi connectivity index (χ0n) is 14.3. The molecule has 3 aromatic rings. The van der Waals surface area contributed by atoms with Crippen LogP contribution in [0.1, 0.15) is 16.5 Å². The molecule has 1 heterocycles. The lowest BCUT2D eigenvalue weighted by molar-refractivity contribution is 0.224. The summed E-state index contributed by atoms with van der Waals surface area (Å²) in [6.45, 7) is 0. The molecule has 0 aliphatic rings. The van der Waals surface area contributed by atoms with Gasteiger partial charge in [0.1, 0.15) is 17.7 Å². The van der Waals surface area contributed by atoms with E-state index in [1.165, 1.54) is 23.5 Å². The molecule has 6 N–H and O–H groups in total. The predicted molar refractivity (Wildman–Crippen MR) is 105 cm³/mol. The third-order valence-electron chi connectivity index (χ3n) is 3.77. The average Bonchev–Trinajstić information content (AvgIpc) is 3.01. The summed E-state index contributed by atoms with van der Waals surface area (Å²) in [5.74, 6) is 0.835. The highest BCUT2D eigenvalue weighted by Crippen LogP contribution is 2.36. The summed E-state index contributed by atoms with van der Waals surface area (Å²) in [5.41, 5.74) is 7.20. The molecule has 27 heavy (non-hydrogen) atoms. The summed E-state index contributed by atoms with van der Waals surface area (Å²) in [4.78, 5) is 4.72. The Morgan fingerprint density at radius 1 is 1.22 bits per heavy atom. The van der Waals surface area contributed by atoms with Gasteiger partial charge in [-0.15, -0.1) is 0 Å². The number of benzene rings is 2. The van der Waals surface area contributed by atoms with Crippen LogP contribution < -0.4 is 20.9 Å². The quantitative estimate of drug-likeness (QED) is 0.492. The number of aliphatic hydroxyl groups is 1. The van der Waals surface area contributed by atoms with Crippen molar-refractivity contribution in [3.63, 3.8) is 0 Å². The number of hydrogen-bond donors (Lipinski definition) is 4. The fourth-order valence-electron chi connectivity index (χ4n) is 2.41. The van der Waals surface area contributed by atoms with E-state index in [2.05, 4.69) is 10.3 Å². The number of thiazole rings is 1. The molecule has 8 nitrogen and oxygen atoms in total. The minimum absolute atomic E-state index is 0.0147. The molecule has 1 aromatic heterocycles. The van der Waals surface area contributed by atoms with Crippen LogP contribution in [-0.4, -0.2) is 25.6 Å². The molecule has 0 fully saturated rings. The molecule has 1 unspecified atom stereocenters. The number of sulfonamides is 1. The van der Waals surface area contributed by atoms with E-state index in [9.17, 15) is 13.5 Å². The number of methoxy groups -OCH3 is 1. The van der Waals surface area contributed by atoms with Crippen LogP contribution in [0.5, 0.6) is 5.75 Å². The molecule has 0 saturated carbocycles. The highest BCUT2D eigenvalue weighted by atomic mass is 32.2. The zero-order valence-corrected chi connectivity index (χ0v) is 15.9. The van der Waals surface area contributed by atoms with Gasteiger partial charge in [0.25, 0.3) is 0 Å². The third-order valence-corrected chi connectivity index (χ3v) is 5.74. The Bertz CT molecular complexity index is 1050. The SMILES string of the molecule is COc1cccc(C(O)c2sc(Nc3ccc(S(N)(=O)=O)cc3)nc2N)c1. The van der Waals surface area contributed by atoms with Crippen molar-refractivity contribution in [2.45, 2.75) is 11.0 Å². The van der Waals surface area contributed by atoms with E-state index in [1.807, 2.05) is 0 Å². The number of rotatable bonds is 6. The Morgan fingerprint density at radius 2 is 1.93 bits per heavy atom. The first-order valence-corrected chi connectivity index (χ1v) is 10.1. The Hall–Kier alpha value is -2.66. The van der Waals surface area contributed by atoms with Gasteiger partial charge in [-0.2, -0.15) is 0 Å². The number of anilines is 3. The minimum Gasteiger partial charge on any atom is -0.497 e. The Kier molecular flexibility index (Phi) is 5.33. The van der Waals surface area contributed by atoms with E-state index in [1.54, 1.807) is 43.5 Å². The van der Waals surface area contributed by atoms with Crippen LogP contribution in [0.2, 0.25) is 0 Å². The summed E-state index contributed by atoms with van der Waals surface area (Å²) in [7, 11) is -2.20. The maximum absolute atomic E-state index is 11.3. The highest BCUT2D eigenvalue weighted by Gasteiger charge is 2.19. The minimum atomic E-state index is -3.75. The lowest BCUT2D eigenvalue weighted by Gasteiger charge is -2.10. The topological polar surface area (TPSA) is 141 Å². The van der Waals surface area contributed by atoms with Crippen molar-refractivity contribution in [1.82, 2.24) is 4.98 Å². The first-order chi connectivity index (χ1) is 12.8. The van der Waals surface area contributed by atoms with Gasteiger partial charge in [0.2, 0.25) is 10.0 Å². The second-order valence-corrected chi connectivity index (χ2v) is 8.23. The number of hydrogen-bond acceptors (Lipinski definition) is 8. The number of nitrogens with two attached hydrogens (primary N) is 2. The van der Waals surface area contributed by atoms with Gasteiger partial charge in [-0.1, -0.05) is 23.5 Å². The molecule has 10 heteroatoms. The maximum Gasteiger partial charge on any atom is 0.238 e. The van der Waals surface area contributed by atoms with E-state index in [-0.39, 0.29) is 10.7 Å². The van der Waals surface area contributed by atoms with E-state index in [4.69, 9.17) is 15.6 Å². The highest BCUT2D eigenvalue weighted by molar-refractivity contribution is 7.89. The largest absolute Gasteiger partial charge is 0.497 e. The van der Waals surface area contributed by atoms with Crippen molar-refractivity contribution < 1.29 is 18.3 Å². The van der Waals surface area contributed by atoms with Gasteiger partial charge in [-0.05, 0) is 42.0 Å². The summed E-state index contributed by atoms with van der Waals surface area (Å²) in [6, 6.07) is 13.0. The summed E-state index contributed by atoms with van der Waals surface area (Å²) >= 11 is 1.20. The van der Waals surface area contributed by atoms with Gasteiger partial charge >= 0.3 is 0 Å². The van der Waals surface area contributed by atoms with Crippen molar-refractivity contribution >= 4 is 38.0 Å². The second-order valence-electron chi connectivity index (χ2n) is 5.64. The van der Waals surface area contributed by atoms with Crippen molar-refractivity contribution in [3.8, 4) is 5.75 Å². The van der Waals surface area contributed by atoms with Gasteiger partial charge in [-0.25, -0.2) is 18.5 Å². The molecule has 0 bridgehead atoms. The Morgan fingerprint density at radius 3 is 2.56 bits per heavy atom. The normalized spacial score (nSPS) is 12.6. The van der Waals surface area contributed by atoms with Crippen LogP contribution in [0, 0.1) is 0 Å². The fourth-order valence-corrected chi connectivity index (χ4v) is 3.84. The molecule has 0 radical (unpaired) electrons. The first-order valence-electron chi connectivity index (χ1n) is 7.76. The number of aromatic nitrogens is 1.